The molecule has 34 heavy (non-hydrogen) atoms. The molecule has 0 radical (unpaired) electrons. The number of rotatable bonds is 6. The third-order valence-corrected chi connectivity index (χ3v) is 7.40. The zero-order valence-electron chi connectivity index (χ0n) is 19.0. The number of hydrogen-bond acceptors (Lipinski definition) is 4. The lowest BCUT2D eigenvalue weighted by molar-refractivity contribution is -0.122. The molecular weight excluding hydrogens is 464 g/mol. The van der Waals surface area contributed by atoms with Gasteiger partial charge >= 0.3 is 0 Å². The van der Waals surface area contributed by atoms with Gasteiger partial charge in [0.25, 0.3) is 5.91 Å². The number of carbonyl (C=O) groups is 1. The van der Waals surface area contributed by atoms with Crippen LogP contribution in [-0.4, -0.2) is 29.6 Å². The lowest BCUT2D eigenvalue weighted by Crippen LogP contribution is -2.31. The minimum Gasteiger partial charge on any atom is -0.497 e. The lowest BCUT2D eigenvalue weighted by atomic mass is 10.1. The normalized spacial score (nSPS) is 17.6. The third-order valence-electron chi connectivity index (χ3n) is 6.15. The Hall–Kier alpha value is -3.02. The monoisotopic (exact) mass is 488 g/mol. The van der Waals surface area contributed by atoms with Crippen LogP contribution in [0.2, 0.25) is 5.02 Å². The number of nitrogens with zero attached hydrogens (tertiary/aromatic N) is 2. The van der Waals surface area contributed by atoms with Crippen molar-refractivity contribution in [1.29, 1.82) is 0 Å². The van der Waals surface area contributed by atoms with Crippen molar-refractivity contribution in [2.75, 3.05) is 13.7 Å². The Bertz CT molecular complexity index is 1270. The highest BCUT2D eigenvalue weighted by Crippen LogP contribution is 2.35. The average Bonchev–Trinajstić information content (AvgIpc) is 3.43. The number of fused-ring (bicyclic) bond motifs is 1. The van der Waals surface area contributed by atoms with Crippen LogP contribution in [0.5, 0.6) is 5.75 Å². The molecular formula is C28H25ClN2O2S. The Kier molecular flexibility index (Phi) is 6.75. The molecule has 5 rings (SSSR count). The topological polar surface area (TPSA) is 41.9 Å². The van der Waals surface area contributed by atoms with Crippen LogP contribution < -0.4 is 4.74 Å². The smallest absolute Gasteiger partial charge is 0.266 e. The van der Waals surface area contributed by atoms with E-state index in [2.05, 4.69) is 18.2 Å². The molecule has 0 atom stereocenters. The molecule has 2 aliphatic rings. The molecule has 0 bridgehead atoms. The Morgan fingerprint density at radius 3 is 2.56 bits per heavy atom. The summed E-state index contributed by atoms with van der Waals surface area (Å²) in [6, 6.07) is 21.9. The number of hydrogen-bond donors (Lipinski definition) is 0. The number of aryl methyl sites for hydroxylation is 2. The highest BCUT2D eigenvalue weighted by atomic mass is 35.5. The first-order valence-corrected chi connectivity index (χ1v) is 12.6. The third kappa shape index (κ3) is 5.06. The number of ether oxygens (including phenoxy) is 1. The van der Waals surface area contributed by atoms with Gasteiger partial charge in [-0.1, -0.05) is 41.9 Å². The molecule has 0 N–H and O–H groups in total. The summed E-state index contributed by atoms with van der Waals surface area (Å²) in [4.78, 5) is 20.8. The van der Waals surface area contributed by atoms with Crippen LogP contribution in [0.3, 0.4) is 0 Å². The van der Waals surface area contributed by atoms with Gasteiger partial charge in [0, 0.05) is 11.6 Å². The minimum atomic E-state index is -0.0200. The van der Waals surface area contributed by atoms with E-state index >= 15 is 0 Å². The van der Waals surface area contributed by atoms with E-state index in [1.165, 1.54) is 29.3 Å². The van der Waals surface area contributed by atoms with Crippen molar-refractivity contribution in [3.63, 3.8) is 0 Å². The number of carbonyl (C=O) groups excluding carboxylic acids is 1. The number of amidine groups is 1. The number of methoxy groups -OCH3 is 1. The van der Waals surface area contributed by atoms with Crippen LogP contribution in [0.25, 0.3) is 6.08 Å². The standard InChI is InChI=1S/C28H25ClN2O2S/c1-33-25-13-7-19(8-14-25)15-16-31-27(32)26(17-20-5-10-23(29)11-6-20)34-28(31)30-24-12-9-21-3-2-4-22(21)18-24/h5-14,17-18H,2-4,15-16H2,1H3/b26-17-,30-28?. The summed E-state index contributed by atoms with van der Waals surface area (Å²) in [6.45, 7) is 0.555. The van der Waals surface area contributed by atoms with E-state index in [9.17, 15) is 4.79 Å². The molecule has 6 heteroatoms. The molecule has 4 nitrogen and oxygen atoms in total. The number of amides is 1. The minimum absolute atomic E-state index is 0.0200. The van der Waals surface area contributed by atoms with E-state index in [1.54, 1.807) is 12.0 Å². The molecule has 1 heterocycles. The largest absolute Gasteiger partial charge is 0.497 e. The SMILES string of the molecule is COc1ccc(CCN2C(=O)/C(=C/c3ccc(Cl)cc3)SC2=Nc2ccc3c(c2)CCC3)cc1. The van der Waals surface area contributed by atoms with E-state index in [0.717, 1.165) is 47.0 Å². The molecule has 3 aromatic carbocycles. The lowest BCUT2D eigenvalue weighted by Gasteiger charge is -2.16. The summed E-state index contributed by atoms with van der Waals surface area (Å²) >= 11 is 7.45. The predicted molar refractivity (Wildman–Crippen MR) is 141 cm³/mol. The van der Waals surface area contributed by atoms with Gasteiger partial charge in [-0.05, 0) is 102 Å². The average molecular weight is 489 g/mol. The van der Waals surface area contributed by atoms with E-state index < -0.39 is 0 Å². The Morgan fingerprint density at radius 2 is 1.79 bits per heavy atom. The maximum Gasteiger partial charge on any atom is 0.266 e. The summed E-state index contributed by atoms with van der Waals surface area (Å²) in [5.74, 6) is 0.803. The van der Waals surface area contributed by atoms with Crippen molar-refractivity contribution in [1.82, 2.24) is 4.90 Å². The fraction of sp³-hybridized carbons (Fsp3) is 0.214. The first-order valence-electron chi connectivity index (χ1n) is 11.4. The molecule has 1 amide bonds. The van der Waals surface area contributed by atoms with Gasteiger partial charge in [0.2, 0.25) is 0 Å². The van der Waals surface area contributed by atoms with Crippen molar-refractivity contribution < 1.29 is 9.53 Å². The zero-order valence-corrected chi connectivity index (χ0v) is 20.5. The van der Waals surface area contributed by atoms with Gasteiger partial charge in [0.05, 0.1) is 17.7 Å². The fourth-order valence-electron chi connectivity index (χ4n) is 4.27. The maximum atomic E-state index is 13.4. The second-order valence-corrected chi connectivity index (χ2v) is 9.86. The van der Waals surface area contributed by atoms with E-state index in [1.807, 2.05) is 54.6 Å². The first-order chi connectivity index (χ1) is 16.6. The van der Waals surface area contributed by atoms with Gasteiger partial charge in [0.15, 0.2) is 5.17 Å². The van der Waals surface area contributed by atoms with Crippen molar-refractivity contribution in [2.45, 2.75) is 25.7 Å². The molecule has 1 fully saturated rings. The van der Waals surface area contributed by atoms with Crippen LogP contribution in [0, 0.1) is 0 Å². The Balaban J connectivity index is 1.43. The van der Waals surface area contributed by atoms with Gasteiger partial charge in [-0.15, -0.1) is 0 Å². The molecule has 1 saturated heterocycles. The summed E-state index contributed by atoms with van der Waals surface area (Å²) in [5.41, 5.74) is 5.77. The van der Waals surface area contributed by atoms with Gasteiger partial charge in [0.1, 0.15) is 5.75 Å². The number of aliphatic imine (C=N–C) groups is 1. The second kappa shape index (κ2) is 10.1. The molecule has 0 aromatic heterocycles. The van der Waals surface area contributed by atoms with Gasteiger partial charge < -0.3 is 4.74 Å². The molecule has 0 saturated carbocycles. The second-order valence-electron chi connectivity index (χ2n) is 8.42. The van der Waals surface area contributed by atoms with Crippen LogP contribution >= 0.6 is 23.4 Å². The summed E-state index contributed by atoms with van der Waals surface area (Å²) in [7, 11) is 1.66. The fourth-order valence-corrected chi connectivity index (χ4v) is 5.42. The van der Waals surface area contributed by atoms with Crippen LogP contribution in [0.4, 0.5) is 5.69 Å². The van der Waals surface area contributed by atoms with Crippen LogP contribution in [0.1, 0.15) is 28.7 Å². The summed E-state index contributed by atoms with van der Waals surface area (Å²) in [5, 5.41) is 1.39. The van der Waals surface area contributed by atoms with Crippen LogP contribution in [-0.2, 0) is 24.1 Å². The summed E-state index contributed by atoms with van der Waals surface area (Å²) in [6.07, 6.45) is 6.08. The van der Waals surface area contributed by atoms with Gasteiger partial charge in [-0.3, -0.25) is 9.69 Å². The Labute approximate surface area is 209 Å². The molecule has 172 valence electrons. The number of halogens is 1. The molecule has 3 aromatic rings. The van der Waals surface area contributed by atoms with Gasteiger partial charge in [-0.2, -0.15) is 0 Å². The zero-order chi connectivity index (χ0) is 23.5. The van der Waals surface area contributed by atoms with Crippen molar-refractivity contribution in [3.05, 3.63) is 98.9 Å². The molecule has 1 aliphatic carbocycles. The molecule has 1 aliphatic heterocycles. The van der Waals surface area contributed by atoms with E-state index in [-0.39, 0.29) is 5.91 Å². The maximum absolute atomic E-state index is 13.4. The summed E-state index contributed by atoms with van der Waals surface area (Å²) < 4.78 is 5.25. The number of thioether (sulfide) groups is 1. The van der Waals surface area contributed by atoms with Crippen molar-refractivity contribution in [2.24, 2.45) is 4.99 Å². The number of benzene rings is 3. The Morgan fingerprint density at radius 1 is 1.03 bits per heavy atom. The predicted octanol–water partition coefficient (Wildman–Crippen LogP) is 6.68. The van der Waals surface area contributed by atoms with Crippen LogP contribution in [0.15, 0.2) is 76.6 Å². The van der Waals surface area contributed by atoms with Crippen molar-refractivity contribution in [3.8, 4) is 5.75 Å². The highest BCUT2D eigenvalue weighted by Gasteiger charge is 2.33. The first kappa shape index (κ1) is 22.8. The highest BCUT2D eigenvalue weighted by molar-refractivity contribution is 8.18. The van der Waals surface area contributed by atoms with Crippen molar-refractivity contribution >= 4 is 46.2 Å². The molecule has 0 spiro atoms. The molecule has 0 unspecified atom stereocenters. The van der Waals surface area contributed by atoms with Gasteiger partial charge in [-0.25, -0.2) is 4.99 Å². The van der Waals surface area contributed by atoms with E-state index in [4.69, 9.17) is 21.3 Å². The van der Waals surface area contributed by atoms with E-state index in [0.29, 0.717) is 16.5 Å². The quantitative estimate of drug-likeness (QED) is 0.363.